The van der Waals surface area contributed by atoms with Gasteiger partial charge in [-0.3, -0.25) is 4.79 Å². The molecule has 2 amide bonds. The van der Waals surface area contributed by atoms with Crippen molar-refractivity contribution in [3.63, 3.8) is 0 Å². The molecule has 8 nitrogen and oxygen atoms in total. The molecule has 0 unspecified atom stereocenters. The van der Waals surface area contributed by atoms with Crippen LogP contribution in [0.25, 0.3) is 0 Å². The van der Waals surface area contributed by atoms with E-state index in [-0.39, 0.29) is 12.0 Å². The Morgan fingerprint density at radius 2 is 1.74 bits per heavy atom. The van der Waals surface area contributed by atoms with E-state index in [4.69, 9.17) is 4.74 Å². The summed E-state index contributed by atoms with van der Waals surface area (Å²) in [4.78, 5) is 39.4. The van der Waals surface area contributed by atoms with Gasteiger partial charge in [0.25, 0.3) is 5.91 Å². The summed E-state index contributed by atoms with van der Waals surface area (Å²) in [7, 11) is 0. The highest BCUT2D eigenvalue weighted by Crippen LogP contribution is 2.19. The molecule has 3 heterocycles. The van der Waals surface area contributed by atoms with Crippen LogP contribution in [-0.2, 0) is 4.74 Å². The molecule has 1 aromatic heterocycles. The molecule has 2 aliphatic heterocycles. The number of piperidine rings is 1. The van der Waals surface area contributed by atoms with Gasteiger partial charge in [0.1, 0.15) is 5.69 Å². The molecule has 27 heavy (non-hydrogen) atoms. The summed E-state index contributed by atoms with van der Waals surface area (Å²) in [5.41, 5.74) is 1.24. The first-order chi connectivity index (χ1) is 13.0. The standard InChI is InChI=1S/C19H29N5O3/c1-4-27-19(26)24-11-9-23(10-12-24)18-20-15(3)13-16(21-18)17(25)22-7-5-14(2)6-8-22/h13-14H,4-12H2,1-3H3. The van der Waals surface area contributed by atoms with E-state index in [1.165, 1.54) is 0 Å². The van der Waals surface area contributed by atoms with Gasteiger partial charge in [-0.25, -0.2) is 14.8 Å². The van der Waals surface area contributed by atoms with E-state index in [9.17, 15) is 9.59 Å². The van der Waals surface area contributed by atoms with Gasteiger partial charge < -0.3 is 19.4 Å². The summed E-state index contributed by atoms with van der Waals surface area (Å²) in [6.45, 7) is 10.2. The summed E-state index contributed by atoms with van der Waals surface area (Å²) in [6.07, 6.45) is 1.80. The molecule has 0 saturated carbocycles. The normalized spacial score (nSPS) is 18.6. The third-order valence-corrected chi connectivity index (χ3v) is 5.22. The van der Waals surface area contributed by atoms with Crippen LogP contribution >= 0.6 is 0 Å². The highest BCUT2D eigenvalue weighted by atomic mass is 16.6. The topological polar surface area (TPSA) is 78.9 Å². The second-order valence-corrected chi connectivity index (χ2v) is 7.34. The molecule has 0 aromatic carbocycles. The Labute approximate surface area is 160 Å². The fraction of sp³-hybridized carbons (Fsp3) is 0.684. The van der Waals surface area contributed by atoms with Gasteiger partial charge in [0, 0.05) is 45.0 Å². The first-order valence-corrected chi connectivity index (χ1v) is 9.79. The van der Waals surface area contributed by atoms with E-state index in [0.29, 0.717) is 50.3 Å². The van der Waals surface area contributed by atoms with Crippen LogP contribution in [0.4, 0.5) is 10.7 Å². The number of carbonyl (C=O) groups excluding carboxylic acids is 2. The molecule has 1 aromatic rings. The fourth-order valence-electron chi connectivity index (χ4n) is 3.48. The fourth-order valence-corrected chi connectivity index (χ4v) is 3.48. The minimum atomic E-state index is -0.280. The number of aromatic nitrogens is 2. The monoisotopic (exact) mass is 375 g/mol. The van der Waals surface area contributed by atoms with Crippen molar-refractivity contribution in [3.05, 3.63) is 17.5 Å². The maximum absolute atomic E-state index is 12.9. The van der Waals surface area contributed by atoms with Gasteiger partial charge in [-0.2, -0.15) is 0 Å². The third-order valence-electron chi connectivity index (χ3n) is 5.22. The van der Waals surface area contributed by atoms with Gasteiger partial charge >= 0.3 is 6.09 Å². The minimum Gasteiger partial charge on any atom is -0.450 e. The van der Waals surface area contributed by atoms with Gasteiger partial charge in [0.2, 0.25) is 5.95 Å². The summed E-state index contributed by atoms with van der Waals surface area (Å²) in [5, 5.41) is 0. The number of rotatable bonds is 3. The van der Waals surface area contributed by atoms with Gasteiger partial charge in [-0.1, -0.05) is 6.92 Å². The van der Waals surface area contributed by atoms with Crippen LogP contribution in [0.5, 0.6) is 0 Å². The third kappa shape index (κ3) is 4.67. The van der Waals surface area contributed by atoms with E-state index in [0.717, 1.165) is 31.6 Å². The Morgan fingerprint density at radius 1 is 1.07 bits per heavy atom. The van der Waals surface area contributed by atoms with Crippen molar-refractivity contribution < 1.29 is 14.3 Å². The molecule has 0 bridgehead atoms. The molecule has 0 N–H and O–H groups in total. The molecule has 2 fully saturated rings. The zero-order valence-electron chi connectivity index (χ0n) is 16.5. The quantitative estimate of drug-likeness (QED) is 0.803. The summed E-state index contributed by atoms with van der Waals surface area (Å²) < 4.78 is 5.05. The van der Waals surface area contributed by atoms with Crippen molar-refractivity contribution in [1.82, 2.24) is 19.8 Å². The molecule has 2 saturated heterocycles. The van der Waals surface area contributed by atoms with Gasteiger partial charge in [0.05, 0.1) is 6.61 Å². The van der Waals surface area contributed by atoms with Crippen LogP contribution in [0, 0.1) is 12.8 Å². The molecule has 0 radical (unpaired) electrons. The SMILES string of the molecule is CCOC(=O)N1CCN(c2nc(C)cc(C(=O)N3CCC(C)CC3)n2)CC1. The number of ether oxygens (including phenoxy) is 1. The van der Waals surface area contributed by atoms with Crippen LogP contribution in [0.15, 0.2) is 6.07 Å². The predicted octanol–water partition coefficient (Wildman–Crippen LogP) is 1.94. The van der Waals surface area contributed by atoms with Crippen LogP contribution in [0.3, 0.4) is 0 Å². The molecular formula is C19H29N5O3. The minimum absolute atomic E-state index is 0.0150. The summed E-state index contributed by atoms with van der Waals surface area (Å²) >= 11 is 0. The van der Waals surface area contributed by atoms with E-state index in [2.05, 4.69) is 16.9 Å². The number of hydrogen-bond donors (Lipinski definition) is 0. The van der Waals surface area contributed by atoms with E-state index in [1.807, 2.05) is 16.7 Å². The predicted molar refractivity (Wildman–Crippen MR) is 102 cm³/mol. The van der Waals surface area contributed by atoms with E-state index >= 15 is 0 Å². The Kier molecular flexibility index (Phi) is 6.13. The van der Waals surface area contributed by atoms with Gasteiger partial charge in [-0.15, -0.1) is 0 Å². The zero-order chi connectivity index (χ0) is 19.4. The van der Waals surface area contributed by atoms with Crippen molar-refractivity contribution in [2.24, 2.45) is 5.92 Å². The van der Waals surface area contributed by atoms with Crippen molar-refractivity contribution in [2.45, 2.75) is 33.6 Å². The van der Waals surface area contributed by atoms with Crippen LogP contribution in [-0.4, -0.2) is 77.6 Å². The molecule has 3 rings (SSSR count). The number of hydrogen-bond acceptors (Lipinski definition) is 6. The Hall–Kier alpha value is -2.38. The van der Waals surface area contributed by atoms with Crippen LogP contribution in [0.1, 0.15) is 42.9 Å². The number of likely N-dealkylation sites (tertiary alicyclic amines) is 1. The van der Waals surface area contributed by atoms with Crippen LogP contribution in [0.2, 0.25) is 0 Å². The van der Waals surface area contributed by atoms with E-state index in [1.54, 1.807) is 17.9 Å². The maximum Gasteiger partial charge on any atom is 0.409 e. The molecule has 0 spiro atoms. The maximum atomic E-state index is 12.9. The number of anilines is 1. The summed E-state index contributed by atoms with van der Waals surface area (Å²) in [5.74, 6) is 1.22. The first-order valence-electron chi connectivity index (χ1n) is 9.79. The highest BCUT2D eigenvalue weighted by Gasteiger charge is 2.26. The number of amides is 2. The smallest absolute Gasteiger partial charge is 0.409 e. The lowest BCUT2D eigenvalue weighted by Gasteiger charge is -2.34. The second-order valence-electron chi connectivity index (χ2n) is 7.34. The Morgan fingerprint density at radius 3 is 2.37 bits per heavy atom. The van der Waals surface area contributed by atoms with Gasteiger partial charge in [-0.05, 0) is 38.7 Å². The molecular weight excluding hydrogens is 346 g/mol. The van der Waals surface area contributed by atoms with Crippen LogP contribution < -0.4 is 4.90 Å². The average Bonchev–Trinajstić information content (AvgIpc) is 2.68. The molecule has 0 aliphatic carbocycles. The lowest BCUT2D eigenvalue weighted by atomic mass is 9.99. The molecule has 0 atom stereocenters. The van der Waals surface area contributed by atoms with Crippen molar-refractivity contribution in [3.8, 4) is 0 Å². The van der Waals surface area contributed by atoms with Crippen molar-refractivity contribution >= 4 is 17.9 Å². The highest BCUT2D eigenvalue weighted by molar-refractivity contribution is 5.92. The second kappa shape index (κ2) is 8.54. The molecule has 8 heteroatoms. The van der Waals surface area contributed by atoms with Crippen molar-refractivity contribution in [1.29, 1.82) is 0 Å². The number of piperazine rings is 1. The Bertz CT molecular complexity index is 680. The Balaban J connectivity index is 1.67. The zero-order valence-corrected chi connectivity index (χ0v) is 16.5. The molecule has 2 aliphatic rings. The lowest BCUT2D eigenvalue weighted by Crippen LogP contribution is -2.49. The number of nitrogens with zero attached hydrogens (tertiary/aromatic N) is 5. The number of aryl methyl sites for hydroxylation is 1. The molecule has 148 valence electrons. The summed E-state index contributed by atoms with van der Waals surface area (Å²) in [6, 6.07) is 1.76. The largest absolute Gasteiger partial charge is 0.450 e. The van der Waals surface area contributed by atoms with E-state index < -0.39 is 0 Å². The van der Waals surface area contributed by atoms with Crippen molar-refractivity contribution in [2.75, 3.05) is 50.8 Å². The first kappa shape index (κ1) is 19.4. The average molecular weight is 375 g/mol. The number of carbonyl (C=O) groups is 2. The lowest BCUT2D eigenvalue weighted by molar-refractivity contribution is 0.0691. The van der Waals surface area contributed by atoms with Gasteiger partial charge in [0.15, 0.2) is 0 Å².